The van der Waals surface area contributed by atoms with Crippen LogP contribution in [0.3, 0.4) is 0 Å². The molecule has 0 heterocycles. The largest absolute Gasteiger partial charge is 0.0620 e. The molecule has 0 aromatic heterocycles. The molecule has 1 aromatic carbocycles. The van der Waals surface area contributed by atoms with Crippen molar-refractivity contribution >= 4 is 0 Å². The van der Waals surface area contributed by atoms with E-state index in [1.165, 1.54) is 11.1 Å². The van der Waals surface area contributed by atoms with Crippen molar-refractivity contribution in [3.8, 4) is 0 Å². The van der Waals surface area contributed by atoms with Crippen LogP contribution in [0.15, 0.2) is 24.3 Å². The monoisotopic (exact) mass is 303 g/mol. The molecule has 1 aromatic rings. The van der Waals surface area contributed by atoms with Gasteiger partial charge in [0.05, 0.1) is 0 Å². The Morgan fingerprint density at radius 2 is 1.22 bits per heavy atom. The summed E-state index contributed by atoms with van der Waals surface area (Å²) in [7, 11) is 0. The number of rotatable bonds is 0. The normalized spacial score (nSPS) is 8.22. The van der Waals surface area contributed by atoms with E-state index >= 15 is 0 Å². The van der Waals surface area contributed by atoms with Gasteiger partial charge in [-0.1, -0.05) is 24.3 Å². The minimum atomic E-state index is 0. The Labute approximate surface area is 71.8 Å². The summed E-state index contributed by atoms with van der Waals surface area (Å²) in [4.78, 5) is 0. The predicted octanol–water partition coefficient (Wildman–Crippen LogP) is 2.30. The summed E-state index contributed by atoms with van der Waals surface area (Å²) in [5, 5.41) is 0. The van der Waals surface area contributed by atoms with Gasteiger partial charge in [0.15, 0.2) is 0 Å². The minimum absolute atomic E-state index is 0. The Morgan fingerprint density at radius 3 is 1.44 bits per heavy atom. The smallest absolute Gasteiger partial charge is 0 e. The SMILES string of the molecule is Cc1ccccc1C.[Au]. The summed E-state index contributed by atoms with van der Waals surface area (Å²) in [5.74, 6) is 0. The van der Waals surface area contributed by atoms with E-state index in [1.54, 1.807) is 0 Å². The van der Waals surface area contributed by atoms with E-state index in [-0.39, 0.29) is 22.4 Å². The van der Waals surface area contributed by atoms with Gasteiger partial charge in [0.2, 0.25) is 0 Å². The van der Waals surface area contributed by atoms with Crippen LogP contribution in [0, 0.1) is 13.8 Å². The zero-order valence-electron chi connectivity index (χ0n) is 5.61. The third-order valence-corrected chi connectivity index (χ3v) is 1.43. The van der Waals surface area contributed by atoms with Crippen molar-refractivity contribution in [3.05, 3.63) is 35.4 Å². The Kier molecular flexibility index (Phi) is 3.87. The molecule has 1 heteroatoms. The molecule has 0 saturated heterocycles. The van der Waals surface area contributed by atoms with Crippen LogP contribution in [0.5, 0.6) is 0 Å². The molecular weight excluding hydrogens is 293 g/mol. The van der Waals surface area contributed by atoms with Crippen molar-refractivity contribution in [1.82, 2.24) is 0 Å². The number of hydrogen-bond donors (Lipinski definition) is 0. The summed E-state index contributed by atoms with van der Waals surface area (Å²) in [6.07, 6.45) is 0. The third kappa shape index (κ3) is 2.35. The van der Waals surface area contributed by atoms with Crippen molar-refractivity contribution in [2.24, 2.45) is 0 Å². The van der Waals surface area contributed by atoms with Crippen molar-refractivity contribution in [1.29, 1.82) is 0 Å². The van der Waals surface area contributed by atoms with E-state index in [9.17, 15) is 0 Å². The van der Waals surface area contributed by atoms with E-state index in [2.05, 4.69) is 38.1 Å². The fourth-order valence-electron chi connectivity index (χ4n) is 0.663. The van der Waals surface area contributed by atoms with Gasteiger partial charge < -0.3 is 0 Å². The summed E-state index contributed by atoms with van der Waals surface area (Å²) in [6.45, 7) is 4.24. The molecule has 0 aliphatic carbocycles. The first-order valence-electron chi connectivity index (χ1n) is 2.83. The van der Waals surface area contributed by atoms with Gasteiger partial charge in [0.25, 0.3) is 0 Å². The van der Waals surface area contributed by atoms with Gasteiger partial charge in [-0.2, -0.15) is 0 Å². The molecule has 9 heavy (non-hydrogen) atoms. The average Bonchev–Trinajstić information content (AvgIpc) is 1.77. The van der Waals surface area contributed by atoms with Crippen LogP contribution in [0.1, 0.15) is 11.1 Å². The molecule has 0 aliphatic heterocycles. The molecule has 0 fully saturated rings. The molecule has 0 atom stereocenters. The van der Waals surface area contributed by atoms with E-state index in [0.717, 1.165) is 0 Å². The summed E-state index contributed by atoms with van der Waals surface area (Å²) in [6, 6.07) is 8.36. The van der Waals surface area contributed by atoms with Crippen LogP contribution in [0.2, 0.25) is 0 Å². The summed E-state index contributed by atoms with van der Waals surface area (Å²) in [5.41, 5.74) is 2.74. The minimum Gasteiger partial charge on any atom is -0.0620 e. The van der Waals surface area contributed by atoms with Gasteiger partial charge in [0, 0.05) is 22.4 Å². The van der Waals surface area contributed by atoms with E-state index < -0.39 is 0 Å². The maximum Gasteiger partial charge on any atom is 0 e. The molecule has 1 radical (unpaired) electrons. The third-order valence-electron chi connectivity index (χ3n) is 1.43. The predicted molar refractivity (Wildman–Crippen MR) is 35.9 cm³/mol. The fraction of sp³-hybridized carbons (Fsp3) is 0.250. The number of hydrogen-bond acceptors (Lipinski definition) is 0. The Balaban J connectivity index is 0.000000640. The molecule has 0 amide bonds. The Morgan fingerprint density at radius 1 is 0.889 bits per heavy atom. The number of benzene rings is 1. The van der Waals surface area contributed by atoms with Crippen LogP contribution in [-0.2, 0) is 22.4 Å². The molecule has 0 bridgehead atoms. The Bertz CT molecular complexity index is 161. The summed E-state index contributed by atoms with van der Waals surface area (Å²) < 4.78 is 0. The number of aryl methyl sites for hydroxylation is 2. The Hall–Kier alpha value is -0.0397. The van der Waals surface area contributed by atoms with Crippen molar-refractivity contribution in [2.45, 2.75) is 13.8 Å². The molecule has 0 aliphatic rings. The maximum absolute atomic E-state index is 2.12. The summed E-state index contributed by atoms with van der Waals surface area (Å²) >= 11 is 0. The first-order chi connectivity index (χ1) is 3.80. The molecule has 0 unspecified atom stereocenters. The van der Waals surface area contributed by atoms with Gasteiger partial charge in [-0.15, -0.1) is 0 Å². The van der Waals surface area contributed by atoms with Gasteiger partial charge in [-0.25, -0.2) is 0 Å². The second kappa shape index (κ2) is 3.89. The fourth-order valence-corrected chi connectivity index (χ4v) is 0.663. The standard InChI is InChI=1S/C8H10.Au/c1-7-5-3-4-6-8(7)2;/h3-6H,1-2H3;. The zero-order chi connectivity index (χ0) is 5.98. The molecule has 0 nitrogen and oxygen atoms in total. The van der Waals surface area contributed by atoms with Gasteiger partial charge >= 0.3 is 0 Å². The molecule has 0 saturated carbocycles. The van der Waals surface area contributed by atoms with Crippen LogP contribution in [-0.4, -0.2) is 0 Å². The van der Waals surface area contributed by atoms with E-state index in [4.69, 9.17) is 0 Å². The maximum atomic E-state index is 2.12. The first-order valence-corrected chi connectivity index (χ1v) is 2.83. The molecule has 1 rings (SSSR count). The van der Waals surface area contributed by atoms with Crippen LogP contribution >= 0.6 is 0 Å². The zero-order valence-corrected chi connectivity index (χ0v) is 7.78. The average molecular weight is 303 g/mol. The van der Waals surface area contributed by atoms with Gasteiger partial charge in [-0.3, -0.25) is 0 Å². The molecular formula is C8H10Au. The van der Waals surface area contributed by atoms with Crippen molar-refractivity contribution in [2.75, 3.05) is 0 Å². The molecule has 0 N–H and O–H groups in total. The van der Waals surface area contributed by atoms with E-state index in [1.807, 2.05) is 0 Å². The van der Waals surface area contributed by atoms with Gasteiger partial charge in [0.1, 0.15) is 0 Å². The van der Waals surface area contributed by atoms with Crippen LogP contribution in [0.25, 0.3) is 0 Å². The first kappa shape index (κ1) is 8.96. The molecule has 53 valence electrons. The second-order valence-corrected chi connectivity index (χ2v) is 2.08. The molecule has 0 spiro atoms. The van der Waals surface area contributed by atoms with Crippen LogP contribution < -0.4 is 0 Å². The van der Waals surface area contributed by atoms with Gasteiger partial charge in [-0.05, 0) is 25.0 Å². The quantitative estimate of drug-likeness (QED) is 0.645. The van der Waals surface area contributed by atoms with Crippen molar-refractivity contribution < 1.29 is 22.4 Å². The van der Waals surface area contributed by atoms with E-state index in [0.29, 0.717) is 0 Å². The second-order valence-electron chi connectivity index (χ2n) is 2.08. The van der Waals surface area contributed by atoms with Crippen molar-refractivity contribution in [3.63, 3.8) is 0 Å². The van der Waals surface area contributed by atoms with Crippen LogP contribution in [0.4, 0.5) is 0 Å². The topological polar surface area (TPSA) is 0 Å².